The van der Waals surface area contributed by atoms with E-state index in [1.165, 1.54) is 4.90 Å². The highest BCUT2D eigenvalue weighted by atomic mass is 35.5. The molecule has 13 heteroatoms. The van der Waals surface area contributed by atoms with Gasteiger partial charge in [0.05, 0.1) is 22.5 Å². The highest BCUT2D eigenvalue weighted by molar-refractivity contribution is 7.92. The van der Waals surface area contributed by atoms with Gasteiger partial charge in [-0.25, -0.2) is 8.42 Å². The Hall–Kier alpha value is -3.28. The lowest BCUT2D eigenvalue weighted by molar-refractivity contribution is -0.140. The average Bonchev–Trinajstić information content (AvgIpc) is 2.88. The Morgan fingerprint density at radius 3 is 2.14 bits per heavy atom. The van der Waals surface area contributed by atoms with E-state index in [-0.39, 0.29) is 24.0 Å². The van der Waals surface area contributed by atoms with E-state index in [9.17, 15) is 31.2 Å². The van der Waals surface area contributed by atoms with E-state index in [1.807, 2.05) is 0 Å². The Balaban J connectivity index is 2.12. The minimum atomic E-state index is -4.79. The van der Waals surface area contributed by atoms with Gasteiger partial charge < -0.3 is 10.2 Å². The molecule has 1 unspecified atom stereocenters. The van der Waals surface area contributed by atoms with Crippen molar-refractivity contribution in [2.24, 2.45) is 0 Å². The molecule has 3 aromatic carbocycles. The average molecular weight is 645 g/mol. The van der Waals surface area contributed by atoms with Gasteiger partial charge in [0.25, 0.3) is 0 Å². The van der Waals surface area contributed by atoms with Gasteiger partial charge >= 0.3 is 6.18 Å². The maximum atomic E-state index is 14.0. The zero-order valence-electron chi connectivity index (χ0n) is 23.0. The third kappa shape index (κ3) is 9.11. The van der Waals surface area contributed by atoms with E-state index in [0.717, 1.165) is 17.9 Å². The molecule has 3 aromatic rings. The molecule has 0 aromatic heterocycles. The number of halogens is 5. The van der Waals surface area contributed by atoms with Crippen LogP contribution in [-0.2, 0) is 38.8 Å². The van der Waals surface area contributed by atoms with Crippen LogP contribution in [0.3, 0.4) is 0 Å². The molecule has 0 aliphatic carbocycles. The Morgan fingerprint density at radius 1 is 0.929 bits per heavy atom. The van der Waals surface area contributed by atoms with Crippen LogP contribution in [0.4, 0.5) is 18.9 Å². The van der Waals surface area contributed by atoms with Gasteiger partial charge in [0.2, 0.25) is 21.8 Å². The smallest absolute Gasteiger partial charge is 0.352 e. The normalized spacial score (nSPS) is 12.6. The summed E-state index contributed by atoms with van der Waals surface area (Å²) < 4.78 is 66.7. The molecule has 3 rings (SSSR count). The molecule has 1 atom stereocenters. The molecule has 0 heterocycles. The predicted octanol–water partition coefficient (Wildman–Crippen LogP) is 5.94. The summed E-state index contributed by atoms with van der Waals surface area (Å²) in [5, 5.41) is 2.88. The molecule has 1 N–H and O–H groups in total. The molecule has 0 saturated carbocycles. The van der Waals surface area contributed by atoms with Gasteiger partial charge in [-0.1, -0.05) is 65.7 Å². The number of hydrogen-bond donors (Lipinski definition) is 1. The minimum absolute atomic E-state index is 0.0783. The molecule has 0 fully saturated rings. The highest BCUT2D eigenvalue weighted by Gasteiger charge is 2.36. The number of nitrogens with one attached hydrogen (secondary N) is 1. The molecule has 42 heavy (non-hydrogen) atoms. The number of hydrogen-bond acceptors (Lipinski definition) is 4. The fraction of sp³-hybridized carbons (Fsp3) is 0.310. The lowest BCUT2D eigenvalue weighted by Crippen LogP contribution is -2.54. The number of alkyl halides is 3. The van der Waals surface area contributed by atoms with Crippen LogP contribution in [0.5, 0.6) is 0 Å². The Kier molecular flexibility index (Phi) is 10.9. The summed E-state index contributed by atoms with van der Waals surface area (Å²) in [5.41, 5.74) is -0.381. The van der Waals surface area contributed by atoms with Crippen LogP contribution >= 0.6 is 23.2 Å². The summed E-state index contributed by atoms with van der Waals surface area (Å²) in [6, 6.07) is 16.3. The SMILES string of the molecule is CC(C)NC(=O)C(Cc1ccccc1)N(Cc1cccc(Cl)c1)C(=O)CN(c1cc(C(F)(F)F)ccc1Cl)S(C)(=O)=O. The van der Waals surface area contributed by atoms with Gasteiger partial charge in [0, 0.05) is 24.0 Å². The molecule has 0 aliphatic rings. The predicted molar refractivity (Wildman–Crippen MR) is 158 cm³/mol. The summed E-state index contributed by atoms with van der Waals surface area (Å²) >= 11 is 12.3. The fourth-order valence-corrected chi connectivity index (χ4v) is 5.58. The molecule has 2 amide bonds. The number of amides is 2. The third-order valence-corrected chi connectivity index (χ3v) is 7.85. The first-order valence-corrected chi connectivity index (χ1v) is 15.4. The van der Waals surface area contributed by atoms with Crippen LogP contribution < -0.4 is 9.62 Å². The second-order valence-electron chi connectivity index (χ2n) is 9.95. The van der Waals surface area contributed by atoms with Crippen molar-refractivity contribution >= 4 is 50.7 Å². The van der Waals surface area contributed by atoms with Gasteiger partial charge in [-0.3, -0.25) is 13.9 Å². The van der Waals surface area contributed by atoms with Crippen molar-refractivity contribution in [1.29, 1.82) is 0 Å². The first-order chi connectivity index (χ1) is 19.6. The van der Waals surface area contributed by atoms with Gasteiger partial charge in [0.15, 0.2) is 0 Å². The Morgan fingerprint density at radius 2 is 1.57 bits per heavy atom. The summed E-state index contributed by atoms with van der Waals surface area (Å²) in [5.74, 6) is -1.33. The standard InChI is InChI=1S/C29H30Cl2F3N3O4S/c1-19(2)35-28(39)26(15-20-8-5-4-6-9-20)36(17-21-10-7-11-23(30)14-21)27(38)18-37(42(3,40)41)25-16-22(29(32,33)34)12-13-24(25)31/h4-14,16,19,26H,15,17-18H2,1-3H3,(H,35,39). The fourth-order valence-electron chi connectivity index (χ4n) is 4.24. The number of carbonyl (C=O) groups is 2. The maximum Gasteiger partial charge on any atom is 0.416 e. The van der Waals surface area contributed by atoms with Gasteiger partial charge in [0.1, 0.15) is 12.6 Å². The summed E-state index contributed by atoms with van der Waals surface area (Å²) in [6.45, 7) is 2.44. The quantitative estimate of drug-likeness (QED) is 0.280. The van der Waals surface area contributed by atoms with Crippen LogP contribution in [0.2, 0.25) is 10.0 Å². The largest absolute Gasteiger partial charge is 0.416 e. The Bertz CT molecular complexity index is 1520. The zero-order valence-corrected chi connectivity index (χ0v) is 25.4. The zero-order chi connectivity index (χ0) is 31.2. The number of rotatable bonds is 11. The van der Waals surface area contributed by atoms with E-state index in [1.54, 1.807) is 68.4 Å². The van der Waals surface area contributed by atoms with E-state index in [4.69, 9.17) is 23.2 Å². The van der Waals surface area contributed by atoms with E-state index >= 15 is 0 Å². The molecular weight excluding hydrogens is 614 g/mol. The van der Waals surface area contributed by atoms with Crippen LogP contribution in [0, 0.1) is 0 Å². The Labute approximate surface area is 253 Å². The van der Waals surface area contributed by atoms with Crippen molar-refractivity contribution in [3.05, 3.63) is 99.5 Å². The summed E-state index contributed by atoms with van der Waals surface area (Å²) in [7, 11) is -4.32. The van der Waals surface area contributed by atoms with Crippen molar-refractivity contribution in [2.45, 2.75) is 45.1 Å². The number of nitrogens with zero attached hydrogens (tertiary/aromatic N) is 2. The van der Waals surface area contributed by atoms with Crippen molar-refractivity contribution in [3.63, 3.8) is 0 Å². The number of sulfonamides is 1. The van der Waals surface area contributed by atoms with Crippen LogP contribution in [0.25, 0.3) is 0 Å². The number of carbonyl (C=O) groups excluding carboxylic acids is 2. The van der Waals surface area contributed by atoms with Gasteiger partial charge in [-0.2, -0.15) is 13.2 Å². The van der Waals surface area contributed by atoms with Crippen molar-refractivity contribution in [1.82, 2.24) is 10.2 Å². The van der Waals surface area contributed by atoms with Gasteiger partial charge in [-0.15, -0.1) is 0 Å². The molecule has 7 nitrogen and oxygen atoms in total. The lowest BCUT2D eigenvalue weighted by atomic mass is 10.0. The molecule has 226 valence electrons. The van der Waals surface area contributed by atoms with Crippen LogP contribution in [0.15, 0.2) is 72.8 Å². The first kappa shape index (κ1) is 33.2. The van der Waals surface area contributed by atoms with Crippen molar-refractivity contribution in [2.75, 3.05) is 17.1 Å². The third-order valence-electron chi connectivity index (χ3n) is 6.17. The van der Waals surface area contributed by atoms with E-state index < -0.39 is 51.9 Å². The van der Waals surface area contributed by atoms with Crippen LogP contribution in [-0.4, -0.2) is 50.0 Å². The van der Waals surface area contributed by atoms with E-state index in [0.29, 0.717) is 27.0 Å². The number of anilines is 1. The minimum Gasteiger partial charge on any atom is -0.352 e. The monoisotopic (exact) mass is 643 g/mol. The number of benzene rings is 3. The van der Waals surface area contributed by atoms with Crippen LogP contribution in [0.1, 0.15) is 30.5 Å². The topological polar surface area (TPSA) is 86.8 Å². The lowest BCUT2D eigenvalue weighted by Gasteiger charge is -2.34. The second kappa shape index (κ2) is 13.8. The first-order valence-electron chi connectivity index (χ1n) is 12.8. The highest BCUT2D eigenvalue weighted by Crippen LogP contribution is 2.36. The van der Waals surface area contributed by atoms with E-state index in [2.05, 4.69) is 5.32 Å². The molecule has 0 bridgehead atoms. The molecular formula is C29H30Cl2F3N3O4S. The molecule has 0 aliphatic heterocycles. The van der Waals surface area contributed by atoms with Gasteiger partial charge in [-0.05, 0) is 55.3 Å². The summed E-state index contributed by atoms with van der Waals surface area (Å²) in [6.07, 6.45) is -3.96. The molecule has 0 radical (unpaired) electrons. The molecule has 0 spiro atoms. The second-order valence-corrected chi connectivity index (χ2v) is 12.7. The van der Waals surface area contributed by atoms with Crippen molar-refractivity contribution in [3.8, 4) is 0 Å². The molecule has 0 saturated heterocycles. The van der Waals surface area contributed by atoms with Crippen molar-refractivity contribution < 1.29 is 31.2 Å². The maximum absolute atomic E-state index is 14.0. The summed E-state index contributed by atoms with van der Waals surface area (Å²) in [4.78, 5) is 28.7.